The van der Waals surface area contributed by atoms with E-state index in [1.807, 2.05) is 0 Å². The average molecular weight is 435 g/mol. The molecule has 3 heteroatoms. The average Bonchev–Trinajstić information content (AvgIpc) is 2.43. The van der Waals surface area contributed by atoms with Crippen LogP contribution in [0.4, 0.5) is 0 Å². The van der Waals surface area contributed by atoms with Gasteiger partial charge < -0.3 is 5.11 Å². The molecule has 0 saturated heterocycles. The number of carboxylic acids is 1. The van der Waals surface area contributed by atoms with E-state index in [2.05, 4.69) is 6.92 Å². The fourth-order valence-electron chi connectivity index (χ4n) is 2.65. The van der Waals surface area contributed by atoms with Crippen molar-refractivity contribution in [2.24, 2.45) is 0 Å². The summed E-state index contributed by atoms with van der Waals surface area (Å²) in [6.45, 7) is 2.27. The maximum absolute atomic E-state index is 10.3. The number of carboxylic acid groups (broad SMARTS) is 1. The molecule has 126 valence electrons. The van der Waals surface area contributed by atoms with Crippen molar-refractivity contribution in [3.63, 3.8) is 0 Å². The first-order valence-electron chi connectivity index (χ1n) is 8.99. The third-order valence-electron chi connectivity index (χ3n) is 3.99. The van der Waals surface area contributed by atoms with Gasteiger partial charge in [-0.3, -0.25) is 4.79 Å². The topological polar surface area (TPSA) is 37.3 Å². The van der Waals surface area contributed by atoms with Gasteiger partial charge in [0.2, 0.25) is 0 Å². The minimum absolute atomic E-state index is 0. The summed E-state index contributed by atoms with van der Waals surface area (Å²) in [5.41, 5.74) is 0. The first-order valence-corrected chi connectivity index (χ1v) is 8.99. The quantitative estimate of drug-likeness (QED) is 0.288. The van der Waals surface area contributed by atoms with E-state index in [-0.39, 0.29) is 40.4 Å². The summed E-state index contributed by atoms with van der Waals surface area (Å²) in [7, 11) is 0. The van der Waals surface area contributed by atoms with Gasteiger partial charge in [-0.1, -0.05) is 96.8 Å². The monoisotopic (exact) mass is 436 g/mol. The van der Waals surface area contributed by atoms with E-state index in [0.29, 0.717) is 6.42 Å². The van der Waals surface area contributed by atoms with Crippen molar-refractivity contribution in [1.82, 2.24) is 0 Å². The van der Waals surface area contributed by atoms with Crippen molar-refractivity contribution in [3.05, 3.63) is 0 Å². The molecule has 0 radical (unpaired) electrons. The van der Waals surface area contributed by atoms with Crippen molar-refractivity contribution < 1.29 is 50.3 Å². The summed E-state index contributed by atoms with van der Waals surface area (Å²) in [4.78, 5) is 10.3. The molecule has 2 nitrogen and oxygen atoms in total. The Bertz CT molecular complexity index is 207. The molecule has 1 N–H and O–H groups in total. The second-order valence-corrected chi connectivity index (χ2v) is 6.09. The van der Waals surface area contributed by atoms with Gasteiger partial charge in [0.05, 0.1) is 0 Å². The van der Waals surface area contributed by atoms with E-state index in [0.717, 1.165) is 12.8 Å². The zero-order valence-electron chi connectivity index (χ0n) is 14.1. The second kappa shape index (κ2) is 20.8. The fourth-order valence-corrected chi connectivity index (χ4v) is 2.65. The summed E-state index contributed by atoms with van der Waals surface area (Å²) in [5.74, 6) is -0.653. The molecule has 0 aromatic carbocycles. The molecule has 0 aromatic rings. The third-order valence-corrected chi connectivity index (χ3v) is 3.99. The van der Waals surface area contributed by atoms with Gasteiger partial charge in [0.1, 0.15) is 0 Å². The molecule has 0 aromatic heterocycles. The van der Waals surface area contributed by atoms with Crippen molar-refractivity contribution in [2.45, 2.75) is 110 Å². The predicted octanol–water partition coefficient (Wildman–Crippen LogP) is 6.33. The maximum atomic E-state index is 10.3. The predicted molar refractivity (Wildman–Crippen MR) is 87.2 cm³/mol. The zero-order chi connectivity index (χ0) is 14.9. The molecule has 0 rings (SSSR count). The number of carbonyl (C=O) groups is 1. The van der Waals surface area contributed by atoms with Crippen LogP contribution in [0.1, 0.15) is 110 Å². The minimum atomic E-state index is -0.653. The van der Waals surface area contributed by atoms with Crippen molar-refractivity contribution in [1.29, 1.82) is 0 Å². The molecule has 0 spiro atoms. The Balaban J connectivity index is 0. The molecule has 0 aliphatic rings. The van der Waals surface area contributed by atoms with E-state index in [4.69, 9.17) is 5.11 Å². The maximum Gasteiger partial charge on any atom is 0.303 e. The molecule has 0 aliphatic carbocycles. The summed E-state index contributed by atoms with van der Waals surface area (Å²) in [6, 6.07) is 0. The summed E-state index contributed by atoms with van der Waals surface area (Å²) in [5, 5.41) is 8.52. The van der Waals surface area contributed by atoms with E-state index < -0.39 is 5.97 Å². The number of hydrogen-bond acceptors (Lipinski definition) is 1. The Morgan fingerprint density at radius 3 is 1.19 bits per heavy atom. The molecular weight excluding hydrogens is 399 g/mol. The van der Waals surface area contributed by atoms with Gasteiger partial charge >= 0.3 is 5.97 Å². The number of aliphatic carboxylic acids is 1. The van der Waals surface area contributed by atoms with Gasteiger partial charge in [0, 0.05) is 46.8 Å². The molecular formula is C18H36O2Sm. The second-order valence-electron chi connectivity index (χ2n) is 6.09. The molecule has 0 aliphatic heterocycles. The first-order chi connectivity index (χ1) is 9.77. The van der Waals surface area contributed by atoms with Crippen LogP contribution in [-0.2, 0) is 4.79 Å². The van der Waals surface area contributed by atoms with Gasteiger partial charge in [-0.2, -0.15) is 0 Å². The summed E-state index contributed by atoms with van der Waals surface area (Å²) < 4.78 is 0. The Hall–Kier alpha value is 0.808. The van der Waals surface area contributed by atoms with E-state index >= 15 is 0 Å². The Kier molecular flexibility index (Phi) is 23.8. The van der Waals surface area contributed by atoms with E-state index in [1.54, 1.807) is 0 Å². The normalized spacial score (nSPS) is 10.3. The van der Waals surface area contributed by atoms with E-state index in [1.165, 1.54) is 83.5 Å². The number of rotatable bonds is 16. The van der Waals surface area contributed by atoms with Gasteiger partial charge in [0.25, 0.3) is 0 Å². The van der Waals surface area contributed by atoms with Crippen LogP contribution in [0.5, 0.6) is 0 Å². The smallest absolute Gasteiger partial charge is 0.303 e. The van der Waals surface area contributed by atoms with Crippen LogP contribution < -0.4 is 0 Å². The molecule has 0 atom stereocenters. The summed E-state index contributed by atoms with van der Waals surface area (Å²) >= 11 is 0. The minimum Gasteiger partial charge on any atom is -0.481 e. The van der Waals surface area contributed by atoms with Crippen LogP contribution in [-0.4, -0.2) is 11.1 Å². The summed E-state index contributed by atoms with van der Waals surface area (Å²) in [6.07, 6.45) is 20.2. The van der Waals surface area contributed by atoms with Gasteiger partial charge in [-0.05, 0) is 6.42 Å². The Labute approximate surface area is 165 Å². The first kappa shape index (κ1) is 24.1. The van der Waals surface area contributed by atoms with Crippen LogP contribution in [0.2, 0.25) is 0 Å². The van der Waals surface area contributed by atoms with Crippen molar-refractivity contribution in [2.75, 3.05) is 0 Å². The molecule has 0 amide bonds. The third kappa shape index (κ3) is 23.2. The molecule has 0 bridgehead atoms. The van der Waals surface area contributed by atoms with E-state index in [9.17, 15) is 4.79 Å². The standard InChI is InChI=1S/C18H36O2.Sm/c1-2-3-4-5-6-7-8-9-10-11-12-13-14-15-16-17-18(19)20;/h2-17H2,1H3,(H,19,20);. The SMILES string of the molecule is CCCCCCCCCCCCCCCCCC(=O)O.[Sm]. The Morgan fingerprint density at radius 1 is 0.619 bits per heavy atom. The Morgan fingerprint density at radius 2 is 0.905 bits per heavy atom. The largest absolute Gasteiger partial charge is 0.481 e. The fraction of sp³-hybridized carbons (Fsp3) is 0.944. The molecule has 21 heavy (non-hydrogen) atoms. The van der Waals surface area contributed by atoms with Crippen LogP contribution >= 0.6 is 0 Å². The van der Waals surface area contributed by atoms with Crippen molar-refractivity contribution in [3.8, 4) is 0 Å². The van der Waals surface area contributed by atoms with Gasteiger partial charge in [-0.15, -0.1) is 0 Å². The van der Waals surface area contributed by atoms with Gasteiger partial charge in [0.15, 0.2) is 0 Å². The molecule has 0 fully saturated rings. The molecule has 0 unspecified atom stereocenters. The van der Waals surface area contributed by atoms with Crippen LogP contribution in [0.3, 0.4) is 0 Å². The van der Waals surface area contributed by atoms with Gasteiger partial charge in [-0.25, -0.2) is 0 Å². The van der Waals surface area contributed by atoms with Crippen LogP contribution in [0, 0.1) is 40.4 Å². The molecule has 0 saturated carbocycles. The van der Waals surface area contributed by atoms with Crippen molar-refractivity contribution >= 4 is 5.97 Å². The van der Waals surface area contributed by atoms with Crippen LogP contribution in [0.25, 0.3) is 0 Å². The molecule has 0 heterocycles. The number of unbranched alkanes of at least 4 members (excludes halogenated alkanes) is 14. The zero-order valence-corrected chi connectivity index (χ0v) is 16.7. The number of hydrogen-bond donors (Lipinski definition) is 1. The van der Waals surface area contributed by atoms with Crippen LogP contribution in [0.15, 0.2) is 0 Å².